The van der Waals surface area contributed by atoms with Gasteiger partial charge in [0.25, 0.3) is 5.91 Å². The Morgan fingerprint density at radius 1 is 1.03 bits per heavy atom. The van der Waals surface area contributed by atoms with E-state index in [1.165, 1.54) is 30.3 Å². The van der Waals surface area contributed by atoms with Gasteiger partial charge in [-0.3, -0.25) is 4.79 Å². The molecule has 1 amide bonds. The van der Waals surface area contributed by atoms with Crippen molar-refractivity contribution in [2.45, 2.75) is 11.8 Å². The van der Waals surface area contributed by atoms with Gasteiger partial charge in [-0.1, -0.05) is 30.3 Å². The molecule has 162 valence electrons. The molecule has 6 nitrogen and oxygen atoms in total. The molecule has 0 aliphatic carbocycles. The Labute approximate surface area is 202 Å². The Morgan fingerprint density at radius 2 is 1.69 bits per heavy atom. The summed E-state index contributed by atoms with van der Waals surface area (Å²) in [6.45, 7) is 1.91. The summed E-state index contributed by atoms with van der Waals surface area (Å²) in [4.78, 5) is 12.7. The van der Waals surface area contributed by atoms with Gasteiger partial charge < -0.3 is 9.50 Å². The Hall–Kier alpha value is -2.93. The second kappa shape index (κ2) is 10.1. The number of nitriles is 1. The molecule has 0 spiro atoms. The number of halogens is 2. The summed E-state index contributed by atoms with van der Waals surface area (Å²) in [6, 6.07) is 19.4. The van der Waals surface area contributed by atoms with Gasteiger partial charge in [0.2, 0.25) is 0 Å². The lowest BCUT2D eigenvalue weighted by Gasteiger charge is -2.10. The van der Waals surface area contributed by atoms with Crippen LogP contribution in [-0.4, -0.2) is 14.3 Å². The number of anilines is 1. The second-order valence-corrected chi connectivity index (χ2v) is 9.91. The topological polar surface area (TPSA) is 96.3 Å². The highest BCUT2D eigenvalue weighted by molar-refractivity contribution is 9.11. The number of carbonyl (C=O) groups excluding carboxylic acids is 1. The number of benzene rings is 3. The molecule has 0 atom stereocenters. The first-order valence-corrected chi connectivity index (χ1v) is 12.2. The van der Waals surface area contributed by atoms with Crippen LogP contribution < -0.4 is 9.50 Å². The average Bonchev–Trinajstić information content (AvgIpc) is 2.75. The monoisotopic (exact) mass is 574 g/mol. The van der Waals surface area contributed by atoms with E-state index in [9.17, 15) is 18.5 Å². The van der Waals surface area contributed by atoms with Gasteiger partial charge in [-0.25, -0.2) is 0 Å². The first-order valence-electron chi connectivity index (χ1n) is 9.18. The normalized spacial score (nSPS) is 11.5. The number of rotatable bonds is 6. The van der Waals surface area contributed by atoms with Crippen molar-refractivity contribution in [3.63, 3.8) is 0 Å². The third kappa shape index (κ3) is 5.85. The maximum Gasteiger partial charge on any atom is 0.339 e. The summed E-state index contributed by atoms with van der Waals surface area (Å²) in [6.07, 6.45) is 1.35. The molecule has 3 aromatic carbocycles. The third-order valence-corrected chi connectivity index (χ3v) is 6.71. The molecule has 0 radical (unpaired) electrons. The lowest BCUT2D eigenvalue weighted by molar-refractivity contribution is -0.112. The summed E-state index contributed by atoms with van der Waals surface area (Å²) < 4.78 is 31.4. The minimum Gasteiger partial charge on any atom is -0.379 e. The van der Waals surface area contributed by atoms with Gasteiger partial charge in [0.05, 0.1) is 5.69 Å². The van der Waals surface area contributed by atoms with Crippen LogP contribution in [0.15, 0.2) is 86.1 Å². The number of aryl methyl sites for hydroxylation is 1. The molecular formula is C23H16Br2N2O4S. The van der Waals surface area contributed by atoms with Gasteiger partial charge in [0.15, 0.2) is 0 Å². The van der Waals surface area contributed by atoms with E-state index >= 15 is 0 Å². The highest BCUT2D eigenvalue weighted by atomic mass is 79.9. The van der Waals surface area contributed by atoms with Gasteiger partial charge in [-0.15, -0.1) is 0 Å². The fourth-order valence-electron chi connectivity index (χ4n) is 2.73. The number of nitrogens with one attached hydrogen (secondary N) is 1. The molecule has 3 rings (SSSR count). The zero-order valence-corrected chi connectivity index (χ0v) is 20.7. The van der Waals surface area contributed by atoms with Crippen LogP contribution in [0.5, 0.6) is 5.75 Å². The quantitative estimate of drug-likeness (QED) is 0.226. The number of hydrogen-bond acceptors (Lipinski definition) is 5. The molecule has 0 fully saturated rings. The molecule has 3 aromatic rings. The fourth-order valence-corrected chi connectivity index (χ4v) is 5.29. The molecule has 0 saturated carbocycles. The van der Waals surface area contributed by atoms with Crippen LogP contribution in [0, 0.1) is 18.3 Å². The smallest absolute Gasteiger partial charge is 0.339 e. The first-order chi connectivity index (χ1) is 15.2. The van der Waals surface area contributed by atoms with Crippen molar-refractivity contribution in [1.82, 2.24) is 0 Å². The van der Waals surface area contributed by atoms with Crippen LogP contribution in [0.2, 0.25) is 0 Å². The molecule has 0 heterocycles. The lowest BCUT2D eigenvalue weighted by atomic mass is 10.1. The second-order valence-electron chi connectivity index (χ2n) is 6.65. The summed E-state index contributed by atoms with van der Waals surface area (Å²) in [5, 5.41) is 12.2. The van der Waals surface area contributed by atoms with E-state index in [-0.39, 0.29) is 16.2 Å². The summed E-state index contributed by atoms with van der Waals surface area (Å²) in [5.41, 5.74) is 1.75. The first kappa shape index (κ1) is 23.7. The Balaban J connectivity index is 1.84. The highest BCUT2D eigenvalue weighted by Crippen LogP contribution is 2.32. The average molecular weight is 576 g/mol. The van der Waals surface area contributed by atoms with E-state index < -0.39 is 16.0 Å². The molecular weight excluding hydrogens is 560 g/mol. The van der Waals surface area contributed by atoms with E-state index in [2.05, 4.69) is 37.2 Å². The van der Waals surface area contributed by atoms with Crippen LogP contribution in [0.4, 0.5) is 5.69 Å². The predicted octanol–water partition coefficient (Wildman–Crippen LogP) is 5.83. The summed E-state index contributed by atoms with van der Waals surface area (Å²) in [5.74, 6) is -0.551. The molecule has 9 heteroatoms. The molecule has 32 heavy (non-hydrogen) atoms. The SMILES string of the molecule is Cc1cc(Br)c(NC(=O)/C(C#N)=C/c2cccc(OS(=O)(=O)c3ccccc3)c2)c(Br)c1. The van der Waals surface area contributed by atoms with Crippen molar-refractivity contribution in [2.24, 2.45) is 0 Å². The Bertz CT molecular complexity index is 1320. The number of hydrogen-bond donors (Lipinski definition) is 1. The summed E-state index contributed by atoms with van der Waals surface area (Å²) in [7, 11) is -4.01. The Kier molecular flexibility index (Phi) is 7.51. The van der Waals surface area contributed by atoms with Crippen molar-refractivity contribution >= 4 is 59.6 Å². The van der Waals surface area contributed by atoms with Gasteiger partial charge in [-0.2, -0.15) is 13.7 Å². The molecule has 0 unspecified atom stereocenters. The van der Waals surface area contributed by atoms with Gasteiger partial charge in [-0.05, 0) is 92.4 Å². The van der Waals surface area contributed by atoms with E-state index in [1.807, 2.05) is 25.1 Å². The molecule has 0 bridgehead atoms. The van der Waals surface area contributed by atoms with Crippen molar-refractivity contribution in [1.29, 1.82) is 5.26 Å². The highest BCUT2D eigenvalue weighted by Gasteiger charge is 2.17. The minimum atomic E-state index is -4.01. The fraction of sp³-hybridized carbons (Fsp3) is 0.0435. The largest absolute Gasteiger partial charge is 0.379 e. The number of carbonyl (C=O) groups is 1. The molecule has 0 aromatic heterocycles. The molecule has 0 aliphatic rings. The van der Waals surface area contributed by atoms with Crippen molar-refractivity contribution < 1.29 is 17.4 Å². The lowest BCUT2D eigenvalue weighted by Crippen LogP contribution is -2.14. The van der Waals surface area contributed by atoms with Crippen molar-refractivity contribution in [2.75, 3.05) is 5.32 Å². The molecule has 0 aliphatic heterocycles. The summed E-state index contributed by atoms with van der Waals surface area (Å²) >= 11 is 6.80. The molecule has 0 saturated heterocycles. The third-order valence-electron chi connectivity index (χ3n) is 4.20. The maximum absolute atomic E-state index is 12.7. The van der Waals surface area contributed by atoms with Gasteiger partial charge >= 0.3 is 10.1 Å². The zero-order valence-electron chi connectivity index (χ0n) is 16.7. The van der Waals surface area contributed by atoms with Crippen LogP contribution in [0.25, 0.3) is 6.08 Å². The number of nitrogens with zero attached hydrogens (tertiary/aromatic N) is 1. The molecule has 1 N–H and O–H groups in total. The number of amides is 1. The van der Waals surface area contributed by atoms with Crippen molar-refractivity contribution in [3.8, 4) is 11.8 Å². The van der Waals surface area contributed by atoms with E-state index in [1.54, 1.807) is 30.3 Å². The van der Waals surface area contributed by atoms with Crippen LogP contribution in [-0.2, 0) is 14.9 Å². The standard InChI is InChI=1S/C23H16Br2N2O4S/c1-15-10-20(24)22(21(25)11-15)27-23(28)17(14-26)12-16-6-5-7-18(13-16)31-32(29,30)19-8-3-2-4-9-19/h2-13H,1H3,(H,27,28)/b17-12+. The van der Waals surface area contributed by atoms with Crippen LogP contribution >= 0.6 is 31.9 Å². The van der Waals surface area contributed by atoms with E-state index in [0.717, 1.165) is 5.56 Å². The zero-order chi connectivity index (χ0) is 23.3. The van der Waals surface area contributed by atoms with Crippen LogP contribution in [0.1, 0.15) is 11.1 Å². The minimum absolute atomic E-state index is 0.0206. The maximum atomic E-state index is 12.7. The van der Waals surface area contributed by atoms with Crippen molar-refractivity contribution in [3.05, 3.63) is 92.4 Å². The predicted molar refractivity (Wildman–Crippen MR) is 129 cm³/mol. The van der Waals surface area contributed by atoms with Gasteiger partial charge in [0.1, 0.15) is 22.3 Å². The van der Waals surface area contributed by atoms with Crippen LogP contribution in [0.3, 0.4) is 0 Å². The van der Waals surface area contributed by atoms with Gasteiger partial charge in [0, 0.05) is 8.95 Å². The van der Waals surface area contributed by atoms with E-state index in [4.69, 9.17) is 4.18 Å². The van der Waals surface area contributed by atoms with E-state index in [0.29, 0.717) is 20.2 Å². The Morgan fingerprint density at radius 3 is 2.31 bits per heavy atom.